The lowest BCUT2D eigenvalue weighted by molar-refractivity contribution is 0.601. The number of thiophene rings is 1. The fourth-order valence-electron chi connectivity index (χ4n) is 4.89. The van der Waals surface area contributed by atoms with Crippen LogP contribution in [0.4, 0.5) is 17.5 Å². The third-order valence-corrected chi connectivity index (χ3v) is 8.90. The number of aryl methyl sites for hydroxylation is 4. The maximum absolute atomic E-state index is 12.9. The third kappa shape index (κ3) is 4.84. The van der Waals surface area contributed by atoms with Gasteiger partial charge in [0.05, 0.1) is 10.3 Å². The number of hydrogen-bond acceptors (Lipinski definition) is 8. The Bertz CT molecular complexity index is 1740. The normalized spacial score (nSPS) is 13.3. The Balaban J connectivity index is 1.28. The maximum Gasteiger partial charge on any atom is 0.264 e. The number of rotatable bonds is 6. The van der Waals surface area contributed by atoms with Crippen LogP contribution in [0.25, 0.3) is 21.3 Å². The third-order valence-electron chi connectivity index (χ3n) is 6.67. The largest absolute Gasteiger partial charge is 0.340 e. The van der Waals surface area contributed by atoms with Crippen LogP contribution in [0.3, 0.4) is 0 Å². The Labute approximate surface area is 225 Å². The number of nitrogens with zero attached hydrogens (tertiary/aromatic N) is 4. The summed E-state index contributed by atoms with van der Waals surface area (Å²) < 4.78 is 28.3. The number of benzene rings is 2. The van der Waals surface area contributed by atoms with Crippen LogP contribution in [0.15, 0.2) is 65.1 Å². The van der Waals surface area contributed by atoms with Crippen LogP contribution >= 0.6 is 11.3 Å². The molecule has 1 aliphatic carbocycles. The number of anilines is 3. The van der Waals surface area contributed by atoms with Crippen LogP contribution in [0.2, 0.25) is 0 Å². The first-order valence-corrected chi connectivity index (χ1v) is 14.8. The van der Waals surface area contributed by atoms with E-state index in [9.17, 15) is 8.42 Å². The zero-order valence-corrected chi connectivity index (χ0v) is 22.7. The Hall–Kier alpha value is -3.89. The highest BCUT2D eigenvalue weighted by molar-refractivity contribution is 7.92. The van der Waals surface area contributed by atoms with E-state index in [0.717, 1.165) is 34.2 Å². The summed E-state index contributed by atoms with van der Waals surface area (Å²) in [6.45, 7) is 3.59. The van der Waals surface area contributed by atoms with E-state index in [1.54, 1.807) is 61.8 Å². The number of hydrogen-bond donors (Lipinski definition) is 2. The number of sulfonamides is 1. The van der Waals surface area contributed by atoms with Gasteiger partial charge in [-0.1, -0.05) is 18.2 Å². The van der Waals surface area contributed by atoms with Crippen molar-refractivity contribution < 1.29 is 8.42 Å². The second-order valence-electron chi connectivity index (χ2n) is 9.47. The Morgan fingerprint density at radius 3 is 2.37 bits per heavy atom. The lowest BCUT2D eigenvalue weighted by Gasteiger charge is -2.16. The Morgan fingerprint density at radius 1 is 0.868 bits per heavy atom. The van der Waals surface area contributed by atoms with E-state index in [2.05, 4.69) is 53.6 Å². The molecule has 0 radical (unpaired) electrons. The molecule has 0 unspecified atom stereocenters. The molecule has 2 aromatic carbocycles. The van der Waals surface area contributed by atoms with E-state index >= 15 is 0 Å². The molecule has 0 spiro atoms. The summed E-state index contributed by atoms with van der Waals surface area (Å²) in [5.41, 5.74) is 7.23. The molecule has 3 aromatic heterocycles. The molecule has 0 atom stereocenters. The highest BCUT2D eigenvalue weighted by Gasteiger charge is 2.18. The Morgan fingerprint density at radius 2 is 1.61 bits per heavy atom. The van der Waals surface area contributed by atoms with E-state index in [1.165, 1.54) is 24.0 Å². The average Bonchev–Trinajstić information content (AvgIpc) is 3.33. The molecule has 0 saturated heterocycles. The van der Waals surface area contributed by atoms with Crippen molar-refractivity contribution in [3.63, 3.8) is 0 Å². The first-order chi connectivity index (χ1) is 18.4. The standard InChI is InChI=1S/C28H26N6O2S2/c1-17-13-18(2)32-28(31-17)34-38(35,36)23-11-9-22(10-12-23)33-26-25-24(15-37-27(25)30-16-29-26)21-8-7-19-5-3-4-6-20(19)14-21/h7-16H,3-6H2,1-2H3,(H,29,30,33)(H,31,32,34). The molecule has 10 heteroatoms. The highest BCUT2D eigenvalue weighted by Crippen LogP contribution is 2.38. The molecule has 192 valence electrons. The fraction of sp³-hybridized carbons (Fsp3) is 0.214. The second-order valence-corrected chi connectivity index (χ2v) is 12.0. The van der Waals surface area contributed by atoms with Crippen molar-refractivity contribution in [1.29, 1.82) is 0 Å². The van der Waals surface area contributed by atoms with Gasteiger partial charge in [0, 0.05) is 28.0 Å². The van der Waals surface area contributed by atoms with E-state index in [-0.39, 0.29) is 10.8 Å². The van der Waals surface area contributed by atoms with Crippen LogP contribution < -0.4 is 10.0 Å². The van der Waals surface area contributed by atoms with Gasteiger partial charge in [0.2, 0.25) is 5.95 Å². The summed E-state index contributed by atoms with van der Waals surface area (Å²) in [4.78, 5) is 18.4. The molecule has 5 aromatic rings. The molecular formula is C28H26N6O2S2. The van der Waals surface area contributed by atoms with E-state index < -0.39 is 10.0 Å². The molecule has 3 heterocycles. The second kappa shape index (κ2) is 9.77. The Kier molecular flexibility index (Phi) is 6.29. The molecule has 38 heavy (non-hydrogen) atoms. The zero-order valence-electron chi connectivity index (χ0n) is 21.0. The van der Waals surface area contributed by atoms with Gasteiger partial charge in [-0.15, -0.1) is 11.3 Å². The molecule has 0 bridgehead atoms. The van der Waals surface area contributed by atoms with Gasteiger partial charge in [0.25, 0.3) is 10.0 Å². The zero-order chi connectivity index (χ0) is 26.3. The summed E-state index contributed by atoms with van der Waals surface area (Å²) >= 11 is 1.59. The van der Waals surface area contributed by atoms with Crippen molar-refractivity contribution in [1.82, 2.24) is 19.9 Å². The average molecular weight is 543 g/mol. The van der Waals surface area contributed by atoms with Crippen LogP contribution in [-0.4, -0.2) is 28.4 Å². The predicted octanol–water partition coefficient (Wildman–Crippen LogP) is 6.19. The smallest absolute Gasteiger partial charge is 0.264 e. The summed E-state index contributed by atoms with van der Waals surface area (Å²) in [7, 11) is -3.84. The van der Waals surface area contributed by atoms with Gasteiger partial charge in [-0.3, -0.25) is 0 Å². The van der Waals surface area contributed by atoms with E-state index in [4.69, 9.17) is 0 Å². The van der Waals surface area contributed by atoms with Gasteiger partial charge in [-0.25, -0.2) is 33.1 Å². The van der Waals surface area contributed by atoms with Crippen LogP contribution in [0.1, 0.15) is 35.4 Å². The van der Waals surface area contributed by atoms with E-state index in [0.29, 0.717) is 22.9 Å². The van der Waals surface area contributed by atoms with Gasteiger partial charge in [0.15, 0.2) is 0 Å². The van der Waals surface area contributed by atoms with Crippen LogP contribution in [0.5, 0.6) is 0 Å². The molecular weight excluding hydrogens is 516 g/mol. The van der Waals surface area contributed by atoms with Crippen molar-refractivity contribution in [3.05, 3.63) is 82.8 Å². The first kappa shape index (κ1) is 24.4. The molecule has 0 amide bonds. The van der Waals surface area contributed by atoms with Crippen molar-refractivity contribution >= 4 is 49.0 Å². The van der Waals surface area contributed by atoms with Gasteiger partial charge in [-0.2, -0.15) is 0 Å². The minimum absolute atomic E-state index is 0.0558. The topological polar surface area (TPSA) is 110 Å². The quantitative estimate of drug-likeness (QED) is 0.263. The minimum Gasteiger partial charge on any atom is -0.340 e. The van der Waals surface area contributed by atoms with Crippen molar-refractivity contribution in [2.24, 2.45) is 0 Å². The number of nitrogens with one attached hydrogen (secondary N) is 2. The van der Waals surface area contributed by atoms with E-state index in [1.807, 2.05) is 0 Å². The number of fused-ring (bicyclic) bond motifs is 2. The van der Waals surface area contributed by atoms with Gasteiger partial charge >= 0.3 is 0 Å². The lowest BCUT2D eigenvalue weighted by atomic mass is 9.89. The summed E-state index contributed by atoms with van der Waals surface area (Å²) in [5, 5.41) is 6.45. The van der Waals surface area contributed by atoms with Crippen molar-refractivity contribution in [2.45, 2.75) is 44.4 Å². The predicted molar refractivity (Wildman–Crippen MR) is 152 cm³/mol. The summed E-state index contributed by atoms with van der Waals surface area (Å²) in [5.74, 6) is 0.738. The monoisotopic (exact) mass is 542 g/mol. The maximum atomic E-state index is 12.9. The highest BCUT2D eigenvalue weighted by atomic mass is 32.2. The van der Waals surface area contributed by atoms with Gasteiger partial charge < -0.3 is 5.32 Å². The SMILES string of the molecule is Cc1cc(C)nc(NS(=O)(=O)c2ccc(Nc3ncnc4scc(-c5ccc6c(c5)CCCC6)c34)cc2)n1. The molecule has 6 rings (SSSR count). The van der Waals surface area contributed by atoms with Crippen molar-refractivity contribution in [3.8, 4) is 11.1 Å². The first-order valence-electron chi connectivity index (χ1n) is 12.4. The number of aromatic nitrogens is 4. The molecule has 0 saturated carbocycles. The minimum atomic E-state index is -3.84. The molecule has 2 N–H and O–H groups in total. The van der Waals surface area contributed by atoms with Gasteiger partial charge in [-0.05, 0) is 86.6 Å². The van der Waals surface area contributed by atoms with Crippen LogP contribution in [-0.2, 0) is 22.9 Å². The molecule has 1 aliphatic rings. The molecule has 0 aliphatic heterocycles. The van der Waals surface area contributed by atoms with Crippen molar-refractivity contribution in [2.75, 3.05) is 10.0 Å². The molecule has 8 nitrogen and oxygen atoms in total. The summed E-state index contributed by atoms with van der Waals surface area (Å²) in [6.07, 6.45) is 6.30. The fourth-order valence-corrected chi connectivity index (χ4v) is 6.75. The van der Waals surface area contributed by atoms with Crippen LogP contribution in [0, 0.1) is 13.8 Å². The molecule has 0 fully saturated rings. The lowest BCUT2D eigenvalue weighted by Crippen LogP contribution is -2.15. The summed E-state index contributed by atoms with van der Waals surface area (Å²) in [6, 6.07) is 15.1. The van der Waals surface area contributed by atoms with Gasteiger partial charge in [0.1, 0.15) is 17.0 Å².